The van der Waals surface area contributed by atoms with Gasteiger partial charge in [0, 0.05) is 5.41 Å². The molecule has 0 saturated carbocycles. The van der Waals surface area contributed by atoms with Crippen LogP contribution in [0.15, 0.2) is 16.7 Å². The molecule has 1 unspecified atom stereocenters. The molecule has 0 aliphatic rings. The molecule has 0 aliphatic carbocycles. The zero-order valence-electron chi connectivity index (χ0n) is 11.2. The van der Waals surface area contributed by atoms with Gasteiger partial charge >= 0.3 is 0 Å². The Balaban J connectivity index is 2.36. The summed E-state index contributed by atoms with van der Waals surface area (Å²) < 4.78 is 44.3. The quantitative estimate of drug-likeness (QED) is 0.862. The van der Waals surface area contributed by atoms with Crippen molar-refractivity contribution in [3.05, 3.63) is 46.9 Å². The van der Waals surface area contributed by atoms with Gasteiger partial charge in [-0.3, -0.25) is 0 Å². The minimum absolute atomic E-state index is 0.0302. The molecule has 20 heavy (non-hydrogen) atoms. The Labute approximate surface area is 113 Å². The lowest BCUT2D eigenvalue weighted by atomic mass is 9.97. The third-order valence-corrected chi connectivity index (χ3v) is 2.73. The van der Waals surface area contributed by atoms with Gasteiger partial charge in [0.15, 0.2) is 23.3 Å². The largest absolute Gasteiger partial charge is 0.339 e. The standard InChI is InChI=1S/C13H14F3N3O/c1-13(2,3)12-18-11(19-20-12)10(17)6-4-7(14)9(16)8(15)5-6/h4-5,10H,17H2,1-3H3. The van der Waals surface area contributed by atoms with E-state index in [1.807, 2.05) is 20.8 Å². The number of aromatic nitrogens is 2. The summed E-state index contributed by atoms with van der Waals surface area (Å²) in [6.45, 7) is 5.60. The predicted molar refractivity (Wildman–Crippen MR) is 65.3 cm³/mol. The first-order valence-electron chi connectivity index (χ1n) is 5.94. The van der Waals surface area contributed by atoms with E-state index in [-0.39, 0.29) is 16.8 Å². The van der Waals surface area contributed by atoms with E-state index in [2.05, 4.69) is 10.1 Å². The van der Waals surface area contributed by atoms with Crippen LogP contribution in [0.1, 0.15) is 44.1 Å². The van der Waals surface area contributed by atoms with Crippen molar-refractivity contribution in [1.82, 2.24) is 10.1 Å². The molecule has 1 atom stereocenters. The van der Waals surface area contributed by atoms with Gasteiger partial charge in [-0.2, -0.15) is 4.98 Å². The molecule has 2 rings (SSSR count). The molecule has 0 aliphatic heterocycles. The van der Waals surface area contributed by atoms with Crippen molar-refractivity contribution in [1.29, 1.82) is 0 Å². The maximum atomic E-state index is 13.2. The monoisotopic (exact) mass is 285 g/mol. The Morgan fingerprint density at radius 3 is 2.15 bits per heavy atom. The first kappa shape index (κ1) is 14.5. The van der Waals surface area contributed by atoms with E-state index in [1.165, 1.54) is 0 Å². The molecule has 7 heteroatoms. The summed E-state index contributed by atoms with van der Waals surface area (Å²) in [7, 11) is 0. The molecule has 0 spiro atoms. The topological polar surface area (TPSA) is 64.9 Å². The van der Waals surface area contributed by atoms with Gasteiger partial charge in [-0.25, -0.2) is 13.2 Å². The molecule has 0 bridgehead atoms. The summed E-state index contributed by atoms with van der Waals surface area (Å²) in [6, 6.07) is 0.631. The summed E-state index contributed by atoms with van der Waals surface area (Å²) in [6.07, 6.45) is 0. The Morgan fingerprint density at radius 2 is 1.70 bits per heavy atom. The predicted octanol–water partition coefficient (Wildman–Crippen LogP) is 2.83. The highest BCUT2D eigenvalue weighted by molar-refractivity contribution is 5.26. The lowest BCUT2D eigenvalue weighted by molar-refractivity contribution is 0.317. The van der Waals surface area contributed by atoms with Crippen LogP contribution in [0.4, 0.5) is 13.2 Å². The van der Waals surface area contributed by atoms with Crippen LogP contribution in [0.2, 0.25) is 0 Å². The maximum absolute atomic E-state index is 13.2. The SMILES string of the molecule is CC(C)(C)c1nc(C(N)c2cc(F)c(F)c(F)c2)no1. The first-order chi connectivity index (χ1) is 9.20. The van der Waals surface area contributed by atoms with Crippen LogP contribution in [-0.4, -0.2) is 10.1 Å². The van der Waals surface area contributed by atoms with Crippen molar-refractivity contribution in [3.8, 4) is 0 Å². The summed E-state index contributed by atoms with van der Waals surface area (Å²) >= 11 is 0. The van der Waals surface area contributed by atoms with E-state index in [9.17, 15) is 13.2 Å². The van der Waals surface area contributed by atoms with Crippen molar-refractivity contribution in [3.63, 3.8) is 0 Å². The number of hydrogen-bond acceptors (Lipinski definition) is 4. The number of halogens is 3. The average Bonchev–Trinajstić information content (AvgIpc) is 2.83. The molecule has 1 heterocycles. The van der Waals surface area contributed by atoms with Crippen molar-refractivity contribution >= 4 is 0 Å². The number of benzene rings is 1. The van der Waals surface area contributed by atoms with E-state index in [0.29, 0.717) is 5.89 Å². The van der Waals surface area contributed by atoms with Gasteiger partial charge in [-0.05, 0) is 17.7 Å². The minimum Gasteiger partial charge on any atom is -0.339 e. The van der Waals surface area contributed by atoms with Gasteiger partial charge in [0.2, 0.25) is 5.89 Å². The molecular formula is C13H14F3N3O. The Kier molecular flexibility index (Phi) is 3.56. The second-order valence-corrected chi connectivity index (χ2v) is 5.48. The molecule has 0 radical (unpaired) electrons. The zero-order valence-corrected chi connectivity index (χ0v) is 11.2. The third kappa shape index (κ3) is 2.67. The first-order valence-corrected chi connectivity index (χ1v) is 5.94. The van der Waals surface area contributed by atoms with E-state index in [1.54, 1.807) is 0 Å². The van der Waals surface area contributed by atoms with Gasteiger partial charge in [-0.1, -0.05) is 25.9 Å². The highest BCUT2D eigenvalue weighted by atomic mass is 19.2. The van der Waals surface area contributed by atoms with Crippen molar-refractivity contribution < 1.29 is 17.7 Å². The van der Waals surface area contributed by atoms with Crippen molar-refractivity contribution in [2.24, 2.45) is 5.73 Å². The molecule has 1 aromatic carbocycles. The van der Waals surface area contributed by atoms with E-state index < -0.39 is 23.5 Å². The van der Waals surface area contributed by atoms with Crippen molar-refractivity contribution in [2.75, 3.05) is 0 Å². The number of rotatable bonds is 2. The molecule has 0 saturated heterocycles. The fourth-order valence-corrected chi connectivity index (χ4v) is 1.57. The van der Waals surface area contributed by atoms with Crippen LogP contribution in [0, 0.1) is 17.5 Å². The summed E-state index contributed by atoms with van der Waals surface area (Å²) in [4.78, 5) is 4.10. The van der Waals surface area contributed by atoms with Crippen LogP contribution in [0.25, 0.3) is 0 Å². The number of nitrogens with zero attached hydrogens (tertiary/aromatic N) is 2. The summed E-state index contributed by atoms with van der Waals surface area (Å²) in [5, 5.41) is 3.69. The number of hydrogen-bond donors (Lipinski definition) is 1. The van der Waals surface area contributed by atoms with Gasteiger partial charge in [0.25, 0.3) is 0 Å². The van der Waals surface area contributed by atoms with E-state index >= 15 is 0 Å². The normalized spacial score (nSPS) is 13.6. The summed E-state index contributed by atoms with van der Waals surface area (Å²) in [5.74, 6) is -3.72. The average molecular weight is 285 g/mol. The van der Waals surface area contributed by atoms with Crippen LogP contribution >= 0.6 is 0 Å². The maximum Gasteiger partial charge on any atom is 0.232 e. The molecule has 0 fully saturated rings. The Morgan fingerprint density at radius 1 is 1.15 bits per heavy atom. The molecule has 0 amide bonds. The van der Waals surface area contributed by atoms with E-state index in [0.717, 1.165) is 12.1 Å². The van der Waals surface area contributed by atoms with Gasteiger partial charge in [0.1, 0.15) is 0 Å². The fraction of sp³-hybridized carbons (Fsp3) is 0.385. The van der Waals surface area contributed by atoms with Crippen molar-refractivity contribution in [2.45, 2.75) is 32.2 Å². The highest BCUT2D eigenvalue weighted by Gasteiger charge is 2.25. The highest BCUT2D eigenvalue weighted by Crippen LogP contribution is 2.25. The zero-order chi connectivity index (χ0) is 15.1. The fourth-order valence-electron chi connectivity index (χ4n) is 1.57. The van der Waals surface area contributed by atoms with Crippen LogP contribution in [-0.2, 0) is 5.41 Å². The second-order valence-electron chi connectivity index (χ2n) is 5.48. The van der Waals surface area contributed by atoms with Crippen LogP contribution in [0.3, 0.4) is 0 Å². The summed E-state index contributed by atoms with van der Waals surface area (Å²) in [5.41, 5.74) is 5.48. The van der Waals surface area contributed by atoms with Crippen LogP contribution < -0.4 is 5.73 Å². The van der Waals surface area contributed by atoms with Gasteiger partial charge < -0.3 is 10.3 Å². The molecule has 2 aromatic rings. The van der Waals surface area contributed by atoms with E-state index in [4.69, 9.17) is 10.3 Å². The second kappa shape index (κ2) is 4.90. The molecule has 4 nitrogen and oxygen atoms in total. The lowest BCUT2D eigenvalue weighted by Gasteiger charge is -2.11. The molecule has 108 valence electrons. The molecule has 2 N–H and O–H groups in total. The Hall–Kier alpha value is -1.89. The minimum atomic E-state index is -1.54. The van der Waals surface area contributed by atoms with Crippen LogP contribution in [0.5, 0.6) is 0 Å². The van der Waals surface area contributed by atoms with Gasteiger partial charge in [-0.15, -0.1) is 0 Å². The smallest absolute Gasteiger partial charge is 0.232 e. The molecular weight excluding hydrogens is 271 g/mol. The third-order valence-electron chi connectivity index (χ3n) is 2.73. The van der Waals surface area contributed by atoms with Gasteiger partial charge in [0.05, 0.1) is 6.04 Å². The number of nitrogens with two attached hydrogens (primary N) is 1. The molecule has 1 aromatic heterocycles. The lowest BCUT2D eigenvalue weighted by Crippen LogP contribution is -2.16. The Bertz CT molecular complexity index is 611.